The van der Waals surface area contributed by atoms with E-state index in [4.69, 9.17) is 5.73 Å². The maximum atomic E-state index is 5.83. The zero-order chi connectivity index (χ0) is 17.2. The molecule has 4 heterocycles. The standard InChI is InChI=1S/C18H21N7/c1-24-18(19)22-17(23-24)16-6-4-10-25(16)12-13-7-8-15(21-11-13)14-5-2-3-9-20-14/h2-3,5,7-9,11,16H,4,6,10,12H2,1H3,(H2,19,22,23)/t16-/m0/s1. The van der Waals surface area contributed by atoms with Gasteiger partial charge in [-0.1, -0.05) is 12.1 Å². The van der Waals surface area contributed by atoms with Crippen molar-refractivity contribution in [3.8, 4) is 11.4 Å². The minimum atomic E-state index is 0.221. The first-order chi connectivity index (χ1) is 12.2. The van der Waals surface area contributed by atoms with Gasteiger partial charge < -0.3 is 5.73 Å². The van der Waals surface area contributed by atoms with Crippen molar-refractivity contribution < 1.29 is 0 Å². The highest BCUT2D eigenvalue weighted by atomic mass is 15.4. The third kappa shape index (κ3) is 3.23. The zero-order valence-electron chi connectivity index (χ0n) is 14.2. The molecule has 0 amide bonds. The van der Waals surface area contributed by atoms with Gasteiger partial charge in [0.15, 0.2) is 5.82 Å². The molecule has 3 aromatic heterocycles. The smallest absolute Gasteiger partial charge is 0.218 e. The molecule has 1 fully saturated rings. The molecule has 128 valence electrons. The Morgan fingerprint density at radius 3 is 2.72 bits per heavy atom. The van der Waals surface area contributed by atoms with Gasteiger partial charge in [0.2, 0.25) is 5.95 Å². The lowest BCUT2D eigenvalue weighted by Gasteiger charge is -2.22. The summed E-state index contributed by atoms with van der Waals surface area (Å²) in [5, 5.41) is 4.45. The third-order valence-corrected chi connectivity index (χ3v) is 4.61. The molecule has 2 N–H and O–H groups in total. The summed E-state index contributed by atoms with van der Waals surface area (Å²) in [6, 6.07) is 10.2. The lowest BCUT2D eigenvalue weighted by atomic mass is 10.1. The van der Waals surface area contributed by atoms with Gasteiger partial charge in [-0.25, -0.2) is 4.68 Å². The van der Waals surface area contributed by atoms with Gasteiger partial charge in [-0.3, -0.25) is 14.9 Å². The monoisotopic (exact) mass is 335 g/mol. The molecule has 0 bridgehead atoms. The Balaban J connectivity index is 1.49. The molecule has 0 spiro atoms. The zero-order valence-corrected chi connectivity index (χ0v) is 14.2. The van der Waals surface area contributed by atoms with E-state index in [9.17, 15) is 0 Å². The maximum Gasteiger partial charge on any atom is 0.218 e. The third-order valence-electron chi connectivity index (χ3n) is 4.61. The van der Waals surface area contributed by atoms with Crippen molar-refractivity contribution in [2.45, 2.75) is 25.4 Å². The second kappa shape index (κ2) is 6.60. The van der Waals surface area contributed by atoms with Crippen molar-refractivity contribution in [3.63, 3.8) is 0 Å². The van der Waals surface area contributed by atoms with E-state index in [0.29, 0.717) is 5.95 Å². The topological polar surface area (TPSA) is 85.8 Å². The van der Waals surface area contributed by atoms with E-state index in [0.717, 1.165) is 43.1 Å². The van der Waals surface area contributed by atoms with Gasteiger partial charge in [-0.2, -0.15) is 10.1 Å². The molecule has 7 heteroatoms. The number of anilines is 1. The van der Waals surface area contributed by atoms with Crippen LogP contribution in [0.4, 0.5) is 5.95 Å². The Morgan fingerprint density at radius 1 is 1.16 bits per heavy atom. The van der Waals surface area contributed by atoms with Gasteiger partial charge >= 0.3 is 0 Å². The quantitative estimate of drug-likeness (QED) is 0.786. The minimum Gasteiger partial charge on any atom is -0.368 e. The van der Waals surface area contributed by atoms with Crippen LogP contribution in [0.25, 0.3) is 11.4 Å². The number of aromatic nitrogens is 5. The Bertz CT molecular complexity index is 822. The molecule has 0 unspecified atom stereocenters. The number of nitrogens with two attached hydrogens (primary N) is 1. The summed E-state index contributed by atoms with van der Waals surface area (Å²) in [4.78, 5) is 15.7. The number of hydrogen-bond acceptors (Lipinski definition) is 6. The van der Waals surface area contributed by atoms with Crippen LogP contribution in [-0.2, 0) is 13.6 Å². The van der Waals surface area contributed by atoms with Gasteiger partial charge in [0.05, 0.1) is 17.4 Å². The number of aryl methyl sites for hydroxylation is 1. The Labute approximate surface area is 146 Å². The van der Waals surface area contributed by atoms with Crippen LogP contribution >= 0.6 is 0 Å². The van der Waals surface area contributed by atoms with E-state index in [1.165, 1.54) is 5.56 Å². The highest BCUT2D eigenvalue weighted by Gasteiger charge is 2.29. The van der Waals surface area contributed by atoms with Crippen LogP contribution in [0.1, 0.15) is 30.3 Å². The van der Waals surface area contributed by atoms with Gasteiger partial charge in [-0.15, -0.1) is 0 Å². The second-order valence-electron chi connectivity index (χ2n) is 6.35. The second-order valence-corrected chi connectivity index (χ2v) is 6.35. The molecule has 4 rings (SSSR count). The number of likely N-dealkylation sites (tertiary alicyclic amines) is 1. The summed E-state index contributed by atoms with van der Waals surface area (Å²) in [5.41, 5.74) is 8.79. The summed E-state index contributed by atoms with van der Waals surface area (Å²) < 4.78 is 1.63. The van der Waals surface area contributed by atoms with E-state index >= 15 is 0 Å². The lowest BCUT2D eigenvalue weighted by molar-refractivity contribution is 0.239. The van der Waals surface area contributed by atoms with Crippen LogP contribution in [0, 0.1) is 0 Å². The largest absolute Gasteiger partial charge is 0.368 e. The first kappa shape index (κ1) is 15.7. The van der Waals surface area contributed by atoms with Crippen molar-refractivity contribution in [2.75, 3.05) is 12.3 Å². The molecule has 1 aliphatic heterocycles. The number of nitrogen functional groups attached to an aromatic ring is 1. The van der Waals surface area contributed by atoms with E-state index in [1.54, 1.807) is 10.9 Å². The SMILES string of the molecule is Cn1nc([C@@H]2CCCN2Cc2ccc(-c3ccccn3)nc2)nc1N. The molecule has 3 aromatic rings. The van der Waals surface area contributed by atoms with Gasteiger partial charge in [-0.05, 0) is 43.1 Å². The van der Waals surface area contributed by atoms with E-state index < -0.39 is 0 Å². The molecule has 0 saturated carbocycles. The lowest BCUT2D eigenvalue weighted by Crippen LogP contribution is -2.23. The molecular weight excluding hydrogens is 314 g/mol. The molecule has 25 heavy (non-hydrogen) atoms. The minimum absolute atomic E-state index is 0.221. The number of nitrogens with zero attached hydrogens (tertiary/aromatic N) is 6. The molecule has 1 aliphatic rings. The Morgan fingerprint density at radius 2 is 2.04 bits per heavy atom. The molecule has 7 nitrogen and oxygen atoms in total. The molecule has 0 aromatic carbocycles. The van der Waals surface area contributed by atoms with Crippen molar-refractivity contribution in [2.24, 2.45) is 7.05 Å². The first-order valence-electron chi connectivity index (χ1n) is 8.47. The maximum absolute atomic E-state index is 5.83. The first-order valence-corrected chi connectivity index (χ1v) is 8.47. The van der Waals surface area contributed by atoms with Crippen LogP contribution < -0.4 is 5.73 Å². The predicted octanol–water partition coefficient (Wildman–Crippen LogP) is 2.19. The van der Waals surface area contributed by atoms with Crippen molar-refractivity contribution >= 4 is 5.95 Å². The summed E-state index contributed by atoms with van der Waals surface area (Å²) in [7, 11) is 1.82. The fourth-order valence-corrected chi connectivity index (χ4v) is 3.28. The molecule has 1 atom stereocenters. The average molecular weight is 335 g/mol. The number of pyridine rings is 2. The molecule has 0 aliphatic carbocycles. The van der Waals surface area contributed by atoms with E-state index in [1.807, 2.05) is 37.5 Å². The van der Waals surface area contributed by atoms with Crippen molar-refractivity contribution in [3.05, 3.63) is 54.1 Å². The van der Waals surface area contributed by atoms with Crippen molar-refractivity contribution in [1.29, 1.82) is 0 Å². The van der Waals surface area contributed by atoms with Crippen molar-refractivity contribution in [1.82, 2.24) is 29.6 Å². The van der Waals surface area contributed by atoms with Gasteiger partial charge in [0, 0.05) is 26.0 Å². The fourth-order valence-electron chi connectivity index (χ4n) is 3.28. The average Bonchev–Trinajstić information content (AvgIpc) is 3.23. The predicted molar refractivity (Wildman–Crippen MR) is 95.3 cm³/mol. The number of hydrogen-bond donors (Lipinski definition) is 1. The van der Waals surface area contributed by atoms with Gasteiger partial charge in [0.25, 0.3) is 0 Å². The highest BCUT2D eigenvalue weighted by molar-refractivity contribution is 5.53. The van der Waals surface area contributed by atoms with E-state index in [2.05, 4.69) is 31.0 Å². The molecular formula is C18H21N7. The van der Waals surface area contributed by atoms with Crippen LogP contribution in [0.3, 0.4) is 0 Å². The fraction of sp³-hybridized carbons (Fsp3) is 0.333. The van der Waals surface area contributed by atoms with Crippen LogP contribution in [0.5, 0.6) is 0 Å². The molecule has 0 radical (unpaired) electrons. The van der Waals surface area contributed by atoms with Gasteiger partial charge in [0.1, 0.15) is 0 Å². The van der Waals surface area contributed by atoms with E-state index in [-0.39, 0.29) is 6.04 Å². The Kier molecular flexibility index (Phi) is 4.15. The summed E-state index contributed by atoms with van der Waals surface area (Å²) in [6.07, 6.45) is 5.91. The summed E-state index contributed by atoms with van der Waals surface area (Å²) in [5.74, 6) is 1.28. The normalized spacial score (nSPS) is 17.9. The molecule has 1 saturated heterocycles. The van der Waals surface area contributed by atoms with Crippen LogP contribution in [0.2, 0.25) is 0 Å². The van der Waals surface area contributed by atoms with Crippen LogP contribution in [0.15, 0.2) is 42.7 Å². The van der Waals surface area contributed by atoms with Crippen LogP contribution in [-0.4, -0.2) is 36.2 Å². The Hall–Kier alpha value is -2.80. The summed E-state index contributed by atoms with van der Waals surface area (Å²) >= 11 is 0. The highest BCUT2D eigenvalue weighted by Crippen LogP contribution is 2.31. The summed E-state index contributed by atoms with van der Waals surface area (Å²) in [6.45, 7) is 1.86. The number of rotatable bonds is 4.